The molecule has 2 aromatic rings. The van der Waals surface area contributed by atoms with E-state index in [4.69, 9.17) is 4.74 Å². The molecular formula is C20H24BrN3O3. The summed E-state index contributed by atoms with van der Waals surface area (Å²) >= 11 is 3.55. The predicted molar refractivity (Wildman–Crippen MR) is 107 cm³/mol. The van der Waals surface area contributed by atoms with Crippen molar-refractivity contribution in [3.63, 3.8) is 0 Å². The highest BCUT2D eigenvalue weighted by molar-refractivity contribution is 9.10. The number of hydrogen-bond acceptors (Lipinski definition) is 4. The van der Waals surface area contributed by atoms with Crippen LogP contribution in [-0.2, 0) is 18.3 Å². The summed E-state index contributed by atoms with van der Waals surface area (Å²) in [5, 5.41) is 3.13. The van der Waals surface area contributed by atoms with E-state index in [0.717, 1.165) is 42.6 Å². The molecule has 1 N–H and O–H groups in total. The van der Waals surface area contributed by atoms with Gasteiger partial charge in [0.05, 0.1) is 7.11 Å². The zero-order valence-corrected chi connectivity index (χ0v) is 17.2. The molecule has 6 nitrogen and oxygen atoms in total. The van der Waals surface area contributed by atoms with Gasteiger partial charge in [0, 0.05) is 48.5 Å². The summed E-state index contributed by atoms with van der Waals surface area (Å²) in [5.74, 6) is -0.353. The third-order valence-corrected chi connectivity index (χ3v) is 5.72. The van der Waals surface area contributed by atoms with E-state index in [0.29, 0.717) is 11.3 Å². The van der Waals surface area contributed by atoms with Gasteiger partial charge in [-0.3, -0.25) is 9.69 Å². The number of amides is 1. The number of esters is 1. The lowest BCUT2D eigenvalue weighted by molar-refractivity contribution is 0.0589. The SMILES string of the molecule is COC(=O)c1cc(Br)c(CN2CCC(NC(=O)c3ccccc3)CC2)n1C. The average molecular weight is 434 g/mol. The molecule has 0 bridgehead atoms. The number of ether oxygens (including phenoxy) is 1. The lowest BCUT2D eigenvalue weighted by Gasteiger charge is -2.32. The van der Waals surface area contributed by atoms with Crippen LogP contribution in [-0.4, -0.2) is 47.6 Å². The molecule has 0 atom stereocenters. The van der Waals surface area contributed by atoms with E-state index in [-0.39, 0.29) is 17.9 Å². The first-order chi connectivity index (χ1) is 13.0. The Morgan fingerprint density at radius 1 is 1.22 bits per heavy atom. The number of hydrogen-bond donors (Lipinski definition) is 1. The maximum absolute atomic E-state index is 12.3. The molecule has 0 saturated carbocycles. The second-order valence-electron chi connectivity index (χ2n) is 6.76. The second-order valence-corrected chi connectivity index (χ2v) is 7.62. The molecule has 7 heteroatoms. The van der Waals surface area contributed by atoms with Crippen LogP contribution < -0.4 is 5.32 Å². The second kappa shape index (κ2) is 8.71. The number of nitrogens with one attached hydrogen (secondary N) is 1. The quantitative estimate of drug-likeness (QED) is 0.736. The van der Waals surface area contributed by atoms with Crippen molar-refractivity contribution in [3.05, 3.63) is 57.8 Å². The summed E-state index contributed by atoms with van der Waals surface area (Å²) in [6.45, 7) is 2.53. The number of rotatable bonds is 5. The summed E-state index contributed by atoms with van der Waals surface area (Å²) < 4.78 is 7.61. The van der Waals surface area contributed by atoms with E-state index in [1.165, 1.54) is 7.11 Å². The molecule has 1 fully saturated rings. The Hall–Kier alpha value is -2.12. The molecule has 1 saturated heterocycles. The standard InChI is InChI=1S/C20H24BrN3O3/c1-23-17(20(26)27-2)12-16(21)18(23)13-24-10-8-15(9-11-24)22-19(25)14-6-4-3-5-7-14/h3-7,12,15H,8-11,13H2,1-2H3,(H,22,25). The van der Waals surface area contributed by atoms with E-state index >= 15 is 0 Å². The summed E-state index contributed by atoms with van der Waals surface area (Å²) in [6.07, 6.45) is 1.81. The third-order valence-electron chi connectivity index (χ3n) is 5.03. The Morgan fingerprint density at radius 2 is 1.89 bits per heavy atom. The summed E-state index contributed by atoms with van der Waals surface area (Å²) in [4.78, 5) is 26.5. The van der Waals surface area contributed by atoms with Crippen molar-refractivity contribution in [2.45, 2.75) is 25.4 Å². The van der Waals surface area contributed by atoms with Gasteiger partial charge in [-0.2, -0.15) is 0 Å². The number of piperidine rings is 1. The number of benzene rings is 1. The van der Waals surface area contributed by atoms with E-state index in [1.54, 1.807) is 6.07 Å². The fraction of sp³-hybridized carbons (Fsp3) is 0.400. The first kappa shape index (κ1) is 19.6. The molecule has 1 amide bonds. The van der Waals surface area contributed by atoms with Gasteiger partial charge >= 0.3 is 5.97 Å². The van der Waals surface area contributed by atoms with E-state index in [2.05, 4.69) is 26.1 Å². The van der Waals surface area contributed by atoms with Crippen molar-refractivity contribution in [1.82, 2.24) is 14.8 Å². The lowest BCUT2D eigenvalue weighted by Crippen LogP contribution is -2.44. The minimum Gasteiger partial charge on any atom is -0.464 e. The summed E-state index contributed by atoms with van der Waals surface area (Å²) in [5.41, 5.74) is 2.27. The number of halogens is 1. The predicted octanol–water partition coefficient (Wildman–Crippen LogP) is 2.97. The van der Waals surface area contributed by atoms with Crippen molar-refractivity contribution in [2.75, 3.05) is 20.2 Å². The Morgan fingerprint density at radius 3 is 2.52 bits per heavy atom. The Labute approximate surface area is 167 Å². The van der Waals surface area contributed by atoms with Crippen molar-refractivity contribution < 1.29 is 14.3 Å². The van der Waals surface area contributed by atoms with Crippen molar-refractivity contribution >= 4 is 27.8 Å². The van der Waals surface area contributed by atoms with Crippen LogP contribution in [0.25, 0.3) is 0 Å². The molecule has 1 aliphatic rings. The van der Waals surface area contributed by atoms with Crippen LogP contribution in [0.5, 0.6) is 0 Å². The molecule has 0 radical (unpaired) electrons. The average Bonchev–Trinajstić information content (AvgIpc) is 2.97. The summed E-state index contributed by atoms with van der Waals surface area (Å²) in [6, 6.07) is 11.3. The fourth-order valence-electron chi connectivity index (χ4n) is 3.39. The molecule has 0 spiro atoms. The van der Waals surface area contributed by atoms with E-state index in [1.807, 2.05) is 41.9 Å². The van der Waals surface area contributed by atoms with Crippen molar-refractivity contribution in [3.8, 4) is 0 Å². The van der Waals surface area contributed by atoms with Crippen LogP contribution in [0, 0.1) is 0 Å². The maximum atomic E-state index is 12.3. The Balaban J connectivity index is 1.55. The third kappa shape index (κ3) is 4.59. The molecule has 144 valence electrons. The molecule has 1 aromatic carbocycles. The number of likely N-dealkylation sites (tertiary alicyclic amines) is 1. The van der Waals surface area contributed by atoms with Crippen molar-refractivity contribution in [2.24, 2.45) is 7.05 Å². The van der Waals surface area contributed by atoms with E-state index < -0.39 is 0 Å². The molecular weight excluding hydrogens is 410 g/mol. The highest BCUT2D eigenvalue weighted by atomic mass is 79.9. The maximum Gasteiger partial charge on any atom is 0.354 e. The zero-order chi connectivity index (χ0) is 19.4. The Bertz CT molecular complexity index is 811. The van der Waals surface area contributed by atoms with Gasteiger partial charge in [-0.15, -0.1) is 0 Å². The first-order valence-electron chi connectivity index (χ1n) is 9.00. The summed E-state index contributed by atoms with van der Waals surface area (Å²) in [7, 11) is 3.26. The van der Waals surface area contributed by atoms with E-state index in [9.17, 15) is 9.59 Å². The fourth-order valence-corrected chi connectivity index (χ4v) is 4.00. The number of methoxy groups -OCH3 is 1. The van der Waals surface area contributed by atoms with Crippen LogP contribution in [0.15, 0.2) is 40.9 Å². The van der Waals surface area contributed by atoms with Gasteiger partial charge in [0.2, 0.25) is 0 Å². The van der Waals surface area contributed by atoms with Gasteiger partial charge in [-0.05, 0) is 47.0 Å². The van der Waals surface area contributed by atoms with Crippen LogP contribution >= 0.6 is 15.9 Å². The van der Waals surface area contributed by atoms with Gasteiger partial charge in [0.1, 0.15) is 5.69 Å². The van der Waals surface area contributed by atoms with Crippen LogP contribution in [0.4, 0.5) is 0 Å². The number of carbonyl (C=O) groups excluding carboxylic acids is 2. The van der Waals surface area contributed by atoms with Crippen molar-refractivity contribution in [1.29, 1.82) is 0 Å². The van der Waals surface area contributed by atoms with Gasteiger partial charge in [-0.25, -0.2) is 4.79 Å². The van der Waals surface area contributed by atoms with Gasteiger partial charge in [0.15, 0.2) is 0 Å². The molecule has 0 aliphatic carbocycles. The molecule has 0 unspecified atom stereocenters. The minimum absolute atomic E-state index is 0.0121. The molecule has 2 heterocycles. The van der Waals surface area contributed by atoms with Crippen LogP contribution in [0.1, 0.15) is 39.4 Å². The van der Waals surface area contributed by atoms with Gasteiger partial charge in [0.25, 0.3) is 5.91 Å². The number of aromatic nitrogens is 1. The molecule has 27 heavy (non-hydrogen) atoms. The smallest absolute Gasteiger partial charge is 0.354 e. The topological polar surface area (TPSA) is 63.6 Å². The highest BCUT2D eigenvalue weighted by Gasteiger charge is 2.24. The first-order valence-corrected chi connectivity index (χ1v) is 9.79. The largest absolute Gasteiger partial charge is 0.464 e. The molecule has 1 aromatic heterocycles. The number of carbonyl (C=O) groups is 2. The molecule has 3 rings (SSSR count). The van der Waals surface area contributed by atoms with Gasteiger partial charge < -0.3 is 14.6 Å². The lowest BCUT2D eigenvalue weighted by atomic mass is 10.0. The Kier molecular flexibility index (Phi) is 6.34. The number of nitrogens with zero attached hydrogens (tertiary/aromatic N) is 2. The molecule has 1 aliphatic heterocycles. The zero-order valence-electron chi connectivity index (χ0n) is 15.6. The monoisotopic (exact) mass is 433 g/mol. The normalized spacial score (nSPS) is 15.5. The van der Waals surface area contributed by atoms with Crippen LogP contribution in [0.3, 0.4) is 0 Å². The highest BCUT2D eigenvalue weighted by Crippen LogP contribution is 2.24. The van der Waals surface area contributed by atoms with Gasteiger partial charge in [-0.1, -0.05) is 18.2 Å². The minimum atomic E-state index is -0.341. The van der Waals surface area contributed by atoms with Crippen LogP contribution in [0.2, 0.25) is 0 Å².